The van der Waals surface area contributed by atoms with E-state index in [2.05, 4.69) is 0 Å². The molecule has 0 aliphatic heterocycles. The summed E-state index contributed by atoms with van der Waals surface area (Å²) >= 11 is 0. The molecule has 0 aliphatic rings. The molecule has 0 amide bonds. The molecule has 0 aromatic carbocycles. The number of hydrogen-bond donors (Lipinski definition) is 0. The monoisotopic (exact) mass is 888 g/mol. The normalized spacial score (nSPS) is 0. The Bertz CT molecular complexity index is 0. The Morgan fingerprint density at radius 1 is 0.0270 bits per heavy atom. The second kappa shape index (κ2) is 276. The molecule has 0 unspecified atom stereocenters. The minimum absolute atomic E-state index is 0. The van der Waals surface area contributed by atoms with Crippen molar-refractivity contribution in [2.45, 2.75) is 0 Å². The van der Waals surface area contributed by atoms with Crippen molar-refractivity contribution in [3.8, 4) is 0 Å². The summed E-state index contributed by atoms with van der Waals surface area (Å²) in [6.45, 7) is 0. The first-order valence-electron chi connectivity index (χ1n) is 0. The van der Waals surface area contributed by atoms with Crippen molar-refractivity contribution in [1.29, 1.82) is 0 Å². The zero-order chi connectivity index (χ0) is 0. The molecule has 0 bridgehead atoms. The van der Waals surface area contributed by atoms with Gasteiger partial charge in [0.25, 0.3) is 0 Å². The molecule has 0 spiro atoms. The zero-order valence-electron chi connectivity index (χ0n) is 0. The molecule has 0 saturated heterocycles. The van der Waals surface area contributed by atoms with Crippen molar-refractivity contribution in [3.05, 3.63) is 0 Å². The van der Waals surface area contributed by atoms with Crippen molar-refractivity contribution in [1.82, 2.24) is 0 Å². The number of rotatable bonds is 0. The van der Waals surface area contributed by atoms with Crippen LogP contribution < -0.4 is 0 Å². The van der Waals surface area contributed by atoms with E-state index in [1.54, 1.807) is 0 Å². The Morgan fingerprint density at radius 3 is 0.0270 bits per heavy atom. The average Bonchev–Trinajstić information content (AvgIpc) is 0. The Labute approximate surface area is 1050 Å². The van der Waals surface area contributed by atoms with Gasteiger partial charge < -0.3 is 0 Å². The Kier molecular flexibility index (Phi) is 2150. The van der Waals surface area contributed by atoms with Crippen LogP contribution in [-0.4, -0.2) is 1090 Å². The van der Waals surface area contributed by atoms with Gasteiger partial charge in [0.05, 0.1) is 0 Å². The van der Waals surface area contributed by atoms with E-state index in [0.29, 0.717) is 0 Å². The summed E-state index contributed by atoms with van der Waals surface area (Å²) in [7, 11) is 0. The predicted octanol–water partition coefficient (Wildman–Crippen LogP) is -24.0. The topological polar surface area (TPSA) is 0 Å². The SMILES string of the molecule is [NaH].[NaH].[NaH].[NaH].[NaH].[NaH].[NaH].[NaH].[NaH].[NaH].[NaH].[NaH].[NaH].[NaH].[NaH].[NaH].[NaH].[NaH].[NaH].[NaH].[NaH].[NaH].[NaH].[NaH].[NaH].[NaH].[NaH].[NaH].[NaH].[NaH].[NaH].[NaH].[NaH].[NaH].[NaH].[NaH].[NaH]. The summed E-state index contributed by atoms with van der Waals surface area (Å²) in [5.41, 5.74) is 0. The predicted molar refractivity (Wildman–Crippen MR) is 265 cm³/mol. The molecule has 0 aliphatic carbocycles. The van der Waals surface area contributed by atoms with Gasteiger partial charge >= 0.3 is 1090 Å². The van der Waals surface area contributed by atoms with Gasteiger partial charge in [-0.25, -0.2) is 0 Å². The fourth-order valence-corrected chi connectivity index (χ4v) is 0. The van der Waals surface area contributed by atoms with E-state index in [-0.39, 0.29) is 1090 Å². The van der Waals surface area contributed by atoms with Crippen LogP contribution >= 0.6 is 0 Å². The molecule has 0 nitrogen and oxygen atoms in total. The van der Waals surface area contributed by atoms with E-state index < -0.39 is 0 Å². The standard InChI is InChI=1S/37Na.37H. The van der Waals surface area contributed by atoms with E-state index in [4.69, 9.17) is 0 Å². The van der Waals surface area contributed by atoms with Gasteiger partial charge in [-0.1, -0.05) is 0 Å². The van der Waals surface area contributed by atoms with Gasteiger partial charge in [0.15, 0.2) is 0 Å². The van der Waals surface area contributed by atoms with Crippen molar-refractivity contribution < 1.29 is 0 Å². The molecule has 0 aromatic rings. The fourth-order valence-electron chi connectivity index (χ4n) is 0. The average molecular weight is 888 g/mol. The minimum atomic E-state index is 0. The molecule has 0 fully saturated rings. The van der Waals surface area contributed by atoms with Crippen LogP contribution in [0.4, 0.5) is 0 Å². The summed E-state index contributed by atoms with van der Waals surface area (Å²) < 4.78 is 0. The van der Waals surface area contributed by atoms with Gasteiger partial charge in [0.1, 0.15) is 0 Å². The van der Waals surface area contributed by atoms with E-state index in [1.807, 2.05) is 0 Å². The first kappa shape index (κ1) is 288. The van der Waals surface area contributed by atoms with Crippen LogP contribution in [0, 0.1) is 0 Å². The van der Waals surface area contributed by atoms with Crippen molar-refractivity contribution in [2.24, 2.45) is 0 Å². The maximum absolute atomic E-state index is 0. The van der Waals surface area contributed by atoms with E-state index in [1.165, 1.54) is 0 Å². The van der Waals surface area contributed by atoms with Crippen molar-refractivity contribution in [3.63, 3.8) is 0 Å². The van der Waals surface area contributed by atoms with Gasteiger partial charge in [0, 0.05) is 0 Å². The van der Waals surface area contributed by atoms with Crippen LogP contribution in [0.2, 0.25) is 0 Å². The van der Waals surface area contributed by atoms with Gasteiger partial charge in [-0.2, -0.15) is 0 Å². The number of hydrogen-bond acceptors (Lipinski definition) is 0. The second-order valence-electron chi connectivity index (χ2n) is 0. The molecule has 0 atom stereocenters. The van der Waals surface area contributed by atoms with Crippen LogP contribution in [-0.2, 0) is 0 Å². The zero-order valence-corrected chi connectivity index (χ0v) is 0. The molecule has 74 valence electrons. The molecule has 0 saturated carbocycles. The summed E-state index contributed by atoms with van der Waals surface area (Å²) in [5.74, 6) is 0. The molecule has 0 N–H and O–H groups in total. The van der Waals surface area contributed by atoms with Gasteiger partial charge in [-0.3, -0.25) is 0 Å². The first-order chi connectivity index (χ1) is 0. The molecular weight excluding hydrogens is 851 g/mol. The molecule has 37 heavy (non-hydrogen) atoms. The van der Waals surface area contributed by atoms with Crippen LogP contribution in [0.5, 0.6) is 0 Å². The fraction of sp³-hybridized carbons (Fsp3) is 0. The third kappa shape index (κ3) is 269. The molecule has 0 heterocycles. The molecular formula is H37Na37. The quantitative estimate of drug-likeness (QED) is 0.213. The molecule has 37 heteroatoms. The summed E-state index contributed by atoms with van der Waals surface area (Å²) in [6, 6.07) is 0. The van der Waals surface area contributed by atoms with Gasteiger partial charge in [-0.05, 0) is 0 Å². The van der Waals surface area contributed by atoms with Gasteiger partial charge in [-0.15, -0.1) is 0 Å². The van der Waals surface area contributed by atoms with E-state index >= 15 is 0 Å². The maximum atomic E-state index is 0. The van der Waals surface area contributed by atoms with E-state index in [0.717, 1.165) is 0 Å². The third-order valence-electron chi connectivity index (χ3n) is 0. The summed E-state index contributed by atoms with van der Waals surface area (Å²) in [6.07, 6.45) is 0. The second-order valence-corrected chi connectivity index (χ2v) is 0. The Balaban J connectivity index is 0. The Morgan fingerprint density at radius 2 is 0.0270 bits per heavy atom. The summed E-state index contributed by atoms with van der Waals surface area (Å²) in [5, 5.41) is 0. The first-order valence-corrected chi connectivity index (χ1v) is 0. The van der Waals surface area contributed by atoms with Crippen LogP contribution in [0.1, 0.15) is 0 Å². The summed E-state index contributed by atoms with van der Waals surface area (Å²) in [4.78, 5) is 0. The van der Waals surface area contributed by atoms with Crippen molar-refractivity contribution >= 4 is 1090 Å². The van der Waals surface area contributed by atoms with Gasteiger partial charge in [0.2, 0.25) is 0 Å². The molecule has 0 rings (SSSR count). The molecule has 0 radical (unpaired) electrons. The third-order valence-corrected chi connectivity index (χ3v) is 0. The van der Waals surface area contributed by atoms with Crippen LogP contribution in [0.25, 0.3) is 0 Å². The van der Waals surface area contributed by atoms with Crippen LogP contribution in [0.15, 0.2) is 0 Å². The van der Waals surface area contributed by atoms with E-state index in [9.17, 15) is 0 Å². The van der Waals surface area contributed by atoms with Crippen LogP contribution in [0.3, 0.4) is 0 Å². The molecule has 0 aromatic heterocycles. The van der Waals surface area contributed by atoms with Crippen molar-refractivity contribution in [2.75, 3.05) is 0 Å². The Hall–Kier alpha value is 37.0.